The van der Waals surface area contributed by atoms with Crippen molar-refractivity contribution in [3.8, 4) is 0 Å². The lowest BCUT2D eigenvalue weighted by Gasteiger charge is -2.32. The monoisotopic (exact) mass is 202 g/mol. The van der Waals surface area contributed by atoms with Crippen LogP contribution in [-0.2, 0) is 9.68 Å². The normalized spacial score (nSPS) is 20.1. The van der Waals surface area contributed by atoms with Crippen LogP contribution in [0.1, 0.15) is 26.7 Å². The predicted octanol–water partition coefficient (Wildman–Crippen LogP) is 1.29. The second-order valence-corrected chi connectivity index (χ2v) is 3.52. The number of rotatable bonds is 6. The summed E-state index contributed by atoms with van der Waals surface area (Å²) >= 11 is 0. The molecule has 14 heavy (non-hydrogen) atoms. The van der Waals surface area contributed by atoms with Crippen molar-refractivity contribution in [3.63, 3.8) is 0 Å². The summed E-state index contributed by atoms with van der Waals surface area (Å²) in [6.07, 6.45) is 2.15. The molecule has 0 atom stereocenters. The number of hydrogen-bond acceptors (Lipinski definition) is 4. The Hall–Kier alpha value is -0.160. The van der Waals surface area contributed by atoms with Gasteiger partial charge in [0.15, 0.2) is 0 Å². The molecule has 4 heteroatoms. The fourth-order valence-electron chi connectivity index (χ4n) is 1.37. The van der Waals surface area contributed by atoms with E-state index in [2.05, 4.69) is 13.8 Å². The third-order valence-electron chi connectivity index (χ3n) is 2.15. The van der Waals surface area contributed by atoms with E-state index in [4.69, 9.17) is 9.68 Å². The van der Waals surface area contributed by atoms with Crippen LogP contribution in [0, 0.1) is 0 Å². The van der Waals surface area contributed by atoms with Crippen LogP contribution in [0.5, 0.6) is 0 Å². The van der Waals surface area contributed by atoms with E-state index in [1.54, 1.807) is 0 Å². The maximum Gasteiger partial charge on any atom is 0.0682 e. The van der Waals surface area contributed by atoms with E-state index in [9.17, 15) is 0 Å². The summed E-state index contributed by atoms with van der Waals surface area (Å²) in [7, 11) is 0. The molecule has 0 aliphatic carbocycles. The van der Waals surface area contributed by atoms with Gasteiger partial charge >= 0.3 is 0 Å². The molecule has 84 valence electrons. The van der Waals surface area contributed by atoms with E-state index in [1.807, 2.05) is 10.1 Å². The van der Waals surface area contributed by atoms with Crippen LogP contribution in [0.4, 0.5) is 0 Å². The summed E-state index contributed by atoms with van der Waals surface area (Å²) in [5, 5.41) is 4.07. The number of nitrogens with zero attached hydrogens (tertiary/aromatic N) is 2. The average Bonchev–Trinajstić information content (AvgIpc) is 2.25. The summed E-state index contributed by atoms with van der Waals surface area (Å²) in [6, 6.07) is 0. The van der Waals surface area contributed by atoms with Crippen LogP contribution in [0.3, 0.4) is 0 Å². The summed E-state index contributed by atoms with van der Waals surface area (Å²) in [6.45, 7) is 9.70. The molecule has 0 N–H and O–H groups in total. The van der Waals surface area contributed by atoms with Gasteiger partial charge in [-0.2, -0.15) is 10.1 Å². The quantitative estimate of drug-likeness (QED) is 0.648. The molecule has 0 spiro atoms. The van der Waals surface area contributed by atoms with Crippen molar-refractivity contribution in [2.24, 2.45) is 0 Å². The molecule has 0 aromatic carbocycles. The highest BCUT2D eigenvalue weighted by Gasteiger charge is 2.17. The van der Waals surface area contributed by atoms with Crippen molar-refractivity contribution in [1.82, 2.24) is 10.1 Å². The van der Waals surface area contributed by atoms with Crippen molar-refractivity contribution >= 4 is 0 Å². The van der Waals surface area contributed by atoms with Gasteiger partial charge in [-0.05, 0) is 12.8 Å². The van der Waals surface area contributed by atoms with E-state index in [-0.39, 0.29) is 0 Å². The summed E-state index contributed by atoms with van der Waals surface area (Å²) in [5.41, 5.74) is 0. The van der Waals surface area contributed by atoms with Crippen LogP contribution in [0.15, 0.2) is 0 Å². The second kappa shape index (κ2) is 7.17. The molecular formula is C10H22N2O2. The van der Waals surface area contributed by atoms with Crippen molar-refractivity contribution in [2.75, 3.05) is 39.4 Å². The van der Waals surface area contributed by atoms with Crippen molar-refractivity contribution in [3.05, 3.63) is 0 Å². The molecule has 0 unspecified atom stereocenters. The standard InChI is InChI=1S/C10H22N2O2/c1-3-9-13-11-5-7-12(8-6-11)14-10-4-2/h3-10H2,1-2H3. The van der Waals surface area contributed by atoms with E-state index in [0.717, 1.165) is 52.2 Å². The third kappa shape index (κ3) is 4.37. The van der Waals surface area contributed by atoms with Gasteiger partial charge in [-0.1, -0.05) is 13.8 Å². The van der Waals surface area contributed by atoms with Crippen LogP contribution in [-0.4, -0.2) is 49.5 Å². The predicted molar refractivity (Wildman–Crippen MR) is 55.6 cm³/mol. The Balaban J connectivity index is 2.05. The topological polar surface area (TPSA) is 24.9 Å². The Labute approximate surface area is 86.7 Å². The maximum absolute atomic E-state index is 5.54. The van der Waals surface area contributed by atoms with Gasteiger partial charge < -0.3 is 0 Å². The molecule has 1 aliphatic heterocycles. The number of piperazine rings is 1. The molecule has 0 aromatic rings. The highest BCUT2D eigenvalue weighted by Crippen LogP contribution is 2.03. The molecule has 1 heterocycles. The second-order valence-electron chi connectivity index (χ2n) is 3.52. The first-order chi connectivity index (χ1) is 6.86. The Morgan fingerprint density at radius 3 is 1.43 bits per heavy atom. The van der Waals surface area contributed by atoms with Gasteiger partial charge in [0.2, 0.25) is 0 Å². The van der Waals surface area contributed by atoms with Gasteiger partial charge in [0.05, 0.1) is 13.2 Å². The summed E-state index contributed by atoms with van der Waals surface area (Å²) in [5.74, 6) is 0. The summed E-state index contributed by atoms with van der Waals surface area (Å²) in [4.78, 5) is 11.1. The van der Waals surface area contributed by atoms with Gasteiger partial charge in [-0.25, -0.2) is 0 Å². The van der Waals surface area contributed by atoms with Gasteiger partial charge in [0.25, 0.3) is 0 Å². The molecule has 0 bridgehead atoms. The molecule has 0 saturated carbocycles. The Morgan fingerprint density at radius 2 is 1.14 bits per heavy atom. The van der Waals surface area contributed by atoms with Crippen LogP contribution in [0.25, 0.3) is 0 Å². The molecule has 0 aromatic heterocycles. The van der Waals surface area contributed by atoms with Crippen LogP contribution in [0.2, 0.25) is 0 Å². The van der Waals surface area contributed by atoms with Gasteiger partial charge in [-0.15, -0.1) is 0 Å². The molecule has 0 amide bonds. The lowest BCUT2D eigenvalue weighted by Crippen LogP contribution is -2.46. The van der Waals surface area contributed by atoms with E-state index >= 15 is 0 Å². The zero-order valence-corrected chi connectivity index (χ0v) is 9.37. The smallest absolute Gasteiger partial charge is 0.0682 e. The van der Waals surface area contributed by atoms with Gasteiger partial charge in [-0.3, -0.25) is 9.68 Å². The fraction of sp³-hybridized carbons (Fsp3) is 1.00. The van der Waals surface area contributed by atoms with Crippen molar-refractivity contribution < 1.29 is 9.68 Å². The molecule has 1 fully saturated rings. The summed E-state index contributed by atoms with van der Waals surface area (Å²) < 4.78 is 0. The number of hydrogen-bond donors (Lipinski definition) is 0. The third-order valence-corrected chi connectivity index (χ3v) is 2.15. The van der Waals surface area contributed by atoms with Gasteiger partial charge in [0.1, 0.15) is 0 Å². The lowest BCUT2D eigenvalue weighted by atomic mass is 10.4. The maximum atomic E-state index is 5.54. The minimum absolute atomic E-state index is 0.829. The first kappa shape index (κ1) is 11.9. The van der Waals surface area contributed by atoms with Crippen LogP contribution < -0.4 is 0 Å². The Bertz CT molecular complexity index is 120. The molecular weight excluding hydrogens is 180 g/mol. The molecule has 0 radical (unpaired) electrons. The van der Waals surface area contributed by atoms with Gasteiger partial charge in [0, 0.05) is 26.2 Å². The highest BCUT2D eigenvalue weighted by molar-refractivity contribution is 4.60. The molecule has 1 rings (SSSR count). The van der Waals surface area contributed by atoms with E-state index < -0.39 is 0 Å². The molecule has 1 aliphatic rings. The SMILES string of the molecule is CCCON1CCN(OCCC)CC1. The van der Waals surface area contributed by atoms with E-state index in [1.165, 1.54) is 0 Å². The zero-order chi connectivity index (χ0) is 10.2. The fourth-order valence-corrected chi connectivity index (χ4v) is 1.37. The van der Waals surface area contributed by atoms with Crippen molar-refractivity contribution in [1.29, 1.82) is 0 Å². The minimum Gasteiger partial charge on any atom is -0.299 e. The first-order valence-electron chi connectivity index (χ1n) is 5.62. The zero-order valence-electron chi connectivity index (χ0n) is 9.37. The lowest BCUT2D eigenvalue weighted by molar-refractivity contribution is -0.236. The van der Waals surface area contributed by atoms with E-state index in [0.29, 0.717) is 0 Å². The highest BCUT2D eigenvalue weighted by atomic mass is 16.7. The largest absolute Gasteiger partial charge is 0.299 e. The first-order valence-corrected chi connectivity index (χ1v) is 5.62. The number of hydroxylamine groups is 4. The minimum atomic E-state index is 0.829. The average molecular weight is 202 g/mol. The molecule has 4 nitrogen and oxygen atoms in total. The Kier molecular flexibility index (Phi) is 6.10. The molecule has 1 saturated heterocycles. The Morgan fingerprint density at radius 1 is 0.786 bits per heavy atom. The van der Waals surface area contributed by atoms with Crippen molar-refractivity contribution in [2.45, 2.75) is 26.7 Å². The van der Waals surface area contributed by atoms with Crippen LogP contribution >= 0.6 is 0 Å².